The van der Waals surface area contributed by atoms with Gasteiger partial charge in [0.1, 0.15) is 0 Å². The average molecular weight is 227 g/mol. The molecular weight excluding hydrogens is 216 g/mol. The Balaban J connectivity index is 2.30. The van der Waals surface area contributed by atoms with Gasteiger partial charge in [-0.1, -0.05) is 11.6 Å². The molecule has 2 unspecified atom stereocenters. The number of carboxylic acids is 1. The standard InChI is InChI=1S/C10H11ClN2O2/c11-8-2-1-3-13-9(8)6-4-12-5-7(6)10(14)15/h1-3,6-7,12H,4-5H2,(H,14,15). The van der Waals surface area contributed by atoms with Crippen LogP contribution in [0, 0.1) is 5.92 Å². The molecule has 15 heavy (non-hydrogen) atoms. The minimum Gasteiger partial charge on any atom is -0.481 e. The summed E-state index contributed by atoms with van der Waals surface area (Å²) in [6, 6.07) is 3.48. The maximum atomic E-state index is 11.0. The quantitative estimate of drug-likeness (QED) is 0.794. The van der Waals surface area contributed by atoms with Crippen LogP contribution in [0.5, 0.6) is 0 Å². The molecule has 1 fully saturated rings. The summed E-state index contributed by atoms with van der Waals surface area (Å²) in [7, 11) is 0. The summed E-state index contributed by atoms with van der Waals surface area (Å²) in [5.74, 6) is -1.36. The van der Waals surface area contributed by atoms with E-state index in [4.69, 9.17) is 16.7 Å². The number of rotatable bonds is 2. The van der Waals surface area contributed by atoms with Crippen LogP contribution in [0.3, 0.4) is 0 Å². The van der Waals surface area contributed by atoms with Crippen molar-refractivity contribution in [2.75, 3.05) is 13.1 Å². The molecule has 1 saturated heterocycles. The van der Waals surface area contributed by atoms with E-state index >= 15 is 0 Å². The van der Waals surface area contributed by atoms with E-state index in [0.29, 0.717) is 23.8 Å². The van der Waals surface area contributed by atoms with E-state index in [2.05, 4.69) is 10.3 Å². The van der Waals surface area contributed by atoms with Crippen LogP contribution in [0.25, 0.3) is 0 Å². The molecule has 2 atom stereocenters. The van der Waals surface area contributed by atoms with E-state index < -0.39 is 11.9 Å². The molecular formula is C10H11ClN2O2. The average Bonchev–Trinajstić information content (AvgIpc) is 2.67. The molecule has 80 valence electrons. The van der Waals surface area contributed by atoms with Crippen LogP contribution in [-0.4, -0.2) is 29.1 Å². The topological polar surface area (TPSA) is 62.2 Å². The fourth-order valence-corrected chi connectivity index (χ4v) is 2.16. The number of halogens is 1. The van der Waals surface area contributed by atoms with Gasteiger partial charge in [-0.25, -0.2) is 0 Å². The zero-order valence-electron chi connectivity index (χ0n) is 7.98. The second-order valence-corrected chi connectivity index (χ2v) is 3.99. The second-order valence-electron chi connectivity index (χ2n) is 3.58. The van der Waals surface area contributed by atoms with Crippen LogP contribution in [0.1, 0.15) is 11.6 Å². The third-order valence-corrected chi connectivity index (χ3v) is 2.99. The lowest BCUT2D eigenvalue weighted by Gasteiger charge is -2.14. The third-order valence-electron chi connectivity index (χ3n) is 2.67. The molecule has 0 bridgehead atoms. The van der Waals surface area contributed by atoms with Crippen molar-refractivity contribution in [2.45, 2.75) is 5.92 Å². The van der Waals surface area contributed by atoms with Crippen molar-refractivity contribution < 1.29 is 9.90 Å². The molecule has 5 heteroatoms. The molecule has 1 aliphatic heterocycles. The monoisotopic (exact) mass is 226 g/mol. The van der Waals surface area contributed by atoms with Crippen molar-refractivity contribution in [3.8, 4) is 0 Å². The van der Waals surface area contributed by atoms with Crippen molar-refractivity contribution >= 4 is 17.6 Å². The van der Waals surface area contributed by atoms with Gasteiger partial charge in [-0.2, -0.15) is 0 Å². The number of aromatic nitrogens is 1. The van der Waals surface area contributed by atoms with E-state index in [1.807, 2.05) is 0 Å². The Kier molecular flexibility index (Phi) is 2.88. The van der Waals surface area contributed by atoms with Gasteiger partial charge in [0.05, 0.1) is 16.6 Å². The van der Waals surface area contributed by atoms with Gasteiger partial charge < -0.3 is 10.4 Å². The van der Waals surface area contributed by atoms with Crippen molar-refractivity contribution in [3.05, 3.63) is 29.0 Å². The minimum atomic E-state index is -0.799. The summed E-state index contributed by atoms with van der Waals surface area (Å²) in [5, 5.41) is 12.6. The molecule has 0 aromatic carbocycles. The summed E-state index contributed by atoms with van der Waals surface area (Å²) in [4.78, 5) is 15.1. The Morgan fingerprint density at radius 2 is 2.40 bits per heavy atom. The molecule has 0 amide bonds. The summed E-state index contributed by atoms with van der Waals surface area (Å²) in [6.07, 6.45) is 1.64. The lowest BCUT2D eigenvalue weighted by molar-refractivity contribution is -0.141. The number of aliphatic carboxylic acids is 1. The number of pyridine rings is 1. The zero-order valence-corrected chi connectivity index (χ0v) is 8.74. The summed E-state index contributed by atoms with van der Waals surface area (Å²) in [6.45, 7) is 1.10. The highest BCUT2D eigenvalue weighted by Crippen LogP contribution is 2.31. The summed E-state index contributed by atoms with van der Waals surface area (Å²) < 4.78 is 0. The van der Waals surface area contributed by atoms with Gasteiger partial charge in [0, 0.05) is 25.2 Å². The van der Waals surface area contributed by atoms with Gasteiger partial charge in [-0.05, 0) is 12.1 Å². The van der Waals surface area contributed by atoms with Crippen LogP contribution in [0.15, 0.2) is 18.3 Å². The predicted molar refractivity (Wildman–Crippen MR) is 56.0 cm³/mol. The van der Waals surface area contributed by atoms with Crippen molar-refractivity contribution in [1.82, 2.24) is 10.3 Å². The molecule has 4 nitrogen and oxygen atoms in total. The van der Waals surface area contributed by atoms with Crippen molar-refractivity contribution in [3.63, 3.8) is 0 Å². The Morgan fingerprint density at radius 3 is 3.07 bits per heavy atom. The largest absolute Gasteiger partial charge is 0.481 e. The molecule has 0 aliphatic carbocycles. The summed E-state index contributed by atoms with van der Waals surface area (Å²) >= 11 is 5.99. The van der Waals surface area contributed by atoms with Crippen LogP contribution in [-0.2, 0) is 4.79 Å². The van der Waals surface area contributed by atoms with Gasteiger partial charge in [0.25, 0.3) is 0 Å². The van der Waals surface area contributed by atoms with Gasteiger partial charge >= 0.3 is 5.97 Å². The Labute approximate surface area is 92.3 Å². The fourth-order valence-electron chi connectivity index (χ4n) is 1.90. The smallest absolute Gasteiger partial charge is 0.308 e. The van der Waals surface area contributed by atoms with E-state index in [1.54, 1.807) is 18.3 Å². The highest BCUT2D eigenvalue weighted by Gasteiger charge is 2.35. The van der Waals surface area contributed by atoms with E-state index in [1.165, 1.54) is 0 Å². The Bertz CT molecular complexity index is 383. The van der Waals surface area contributed by atoms with Gasteiger partial charge in [0.15, 0.2) is 0 Å². The molecule has 2 heterocycles. The molecule has 0 saturated carbocycles. The maximum absolute atomic E-state index is 11.0. The highest BCUT2D eigenvalue weighted by molar-refractivity contribution is 6.31. The van der Waals surface area contributed by atoms with Gasteiger partial charge in [-0.3, -0.25) is 9.78 Å². The van der Waals surface area contributed by atoms with Gasteiger partial charge in [0.2, 0.25) is 0 Å². The van der Waals surface area contributed by atoms with Crippen LogP contribution >= 0.6 is 11.6 Å². The molecule has 0 radical (unpaired) electrons. The van der Waals surface area contributed by atoms with Crippen LogP contribution in [0.2, 0.25) is 5.02 Å². The summed E-state index contributed by atoms with van der Waals surface area (Å²) in [5.41, 5.74) is 0.677. The van der Waals surface area contributed by atoms with Crippen molar-refractivity contribution in [2.24, 2.45) is 5.92 Å². The maximum Gasteiger partial charge on any atom is 0.308 e. The molecule has 1 aromatic heterocycles. The minimum absolute atomic E-state index is 0.129. The number of nitrogens with one attached hydrogen (secondary N) is 1. The first kappa shape index (κ1) is 10.4. The van der Waals surface area contributed by atoms with Crippen molar-refractivity contribution in [1.29, 1.82) is 0 Å². The highest BCUT2D eigenvalue weighted by atomic mass is 35.5. The first-order chi connectivity index (χ1) is 7.20. The van der Waals surface area contributed by atoms with E-state index in [-0.39, 0.29) is 5.92 Å². The first-order valence-corrected chi connectivity index (χ1v) is 5.12. The number of nitrogens with zero attached hydrogens (tertiary/aromatic N) is 1. The third kappa shape index (κ3) is 1.96. The van der Waals surface area contributed by atoms with Crippen LogP contribution < -0.4 is 5.32 Å². The molecule has 2 N–H and O–H groups in total. The number of carbonyl (C=O) groups is 1. The Morgan fingerprint density at radius 1 is 1.60 bits per heavy atom. The van der Waals surface area contributed by atoms with E-state index in [0.717, 1.165) is 0 Å². The lowest BCUT2D eigenvalue weighted by Crippen LogP contribution is -2.21. The second kappa shape index (κ2) is 4.16. The van der Waals surface area contributed by atoms with Gasteiger partial charge in [-0.15, -0.1) is 0 Å². The number of hydrogen-bond acceptors (Lipinski definition) is 3. The predicted octanol–water partition coefficient (Wildman–Crippen LogP) is 1.12. The Hall–Kier alpha value is -1.13. The normalized spacial score (nSPS) is 25.4. The number of carboxylic acid groups (broad SMARTS) is 1. The fraction of sp³-hybridized carbons (Fsp3) is 0.400. The first-order valence-electron chi connectivity index (χ1n) is 4.74. The van der Waals surface area contributed by atoms with Crippen LogP contribution in [0.4, 0.5) is 0 Å². The number of hydrogen-bond donors (Lipinski definition) is 2. The zero-order chi connectivity index (χ0) is 10.8. The SMILES string of the molecule is O=C(O)C1CNCC1c1ncccc1Cl. The molecule has 1 aromatic rings. The molecule has 2 rings (SSSR count). The molecule has 0 spiro atoms. The molecule has 1 aliphatic rings. The van der Waals surface area contributed by atoms with E-state index in [9.17, 15) is 4.79 Å². The lowest BCUT2D eigenvalue weighted by atomic mass is 9.92.